The third-order valence-electron chi connectivity index (χ3n) is 17.8. The first-order valence-electron chi connectivity index (χ1n) is 36.6. The first kappa shape index (κ1) is 105. The van der Waals surface area contributed by atoms with Crippen LogP contribution in [0.3, 0.4) is 0 Å². The summed E-state index contributed by atoms with van der Waals surface area (Å²) in [5.41, 5.74) is 12.0. The number of nitrogens with zero attached hydrogens (tertiary/aromatic N) is 6. The standard InChI is InChI=1S/C19H32BNO4S.C15H14BrNO3S.C13H9Br2NO.C13H12BrNO.C13H10BrNO.C8H7BrO.C5H4BrN.C2H6O2S.Na/c1-13(12-26(23)17(2,3)4)14-10-16(22)21(9)11-15(14)20-24-18(5,6)19(7,8)25-20;1-2-21(19,20)10-11-3-4-13(14(16)9-11)15(18)12-5-7-17-8-6-12;14-8-9-1-2-11(12(15)7-9)13(17)10-3-5-16-6-4-10;2*1-9-2-3-11(12(14)8-9)13(16)10-4-6-15-7-5-10;1-6-2-3-7(5-10)8(9)4-6;6-5-1-3-7-4-2-5;1-2-5(3)4;/h10-11,13H,12H2,1-9H3;3-9H,2,10H2,1H3;1-7H,8H2;2-8,13,16H,1H3;2-8H,1H3;2-5H,1H3;1-4H;2H2,1H3,(H,3,4);/q;;;;;;;;+1/p-1/t13-,26-;;;;;;;;/m1......../s1. The molecule has 7 heterocycles. The number of pyridine rings is 6. The van der Waals surface area contributed by atoms with Crippen LogP contribution in [-0.2, 0) is 59.2 Å². The molecule has 0 spiro atoms. The van der Waals surface area contributed by atoms with Crippen LogP contribution in [0.1, 0.15) is 184 Å². The van der Waals surface area contributed by atoms with E-state index in [0.29, 0.717) is 54.7 Å². The normalized spacial score (nSPS) is 13.2. The van der Waals surface area contributed by atoms with Crippen LogP contribution < -0.4 is 40.6 Å². The number of aryl methyl sites for hydroxylation is 4. The number of alkyl halides is 1. The van der Waals surface area contributed by atoms with Crippen LogP contribution in [0.25, 0.3) is 0 Å². The Hall–Kier alpha value is -6.01. The van der Waals surface area contributed by atoms with E-state index >= 15 is 0 Å². The molecule has 0 saturated carbocycles. The van der Waals surface area contributed by atoms with Gasteiger partial charge in [0.25, 0.3) is 0 Å². The molecule has 1 fully saturated rings. The Morgan fingerprint density at radius 3 is 1.32 bits per heavy atom. The fraction of sp³-hybridized carbons (Fsp3) is 0.273. The SMILES string of the molecule is Brc1ccncc1.CCS(=O)(=O)Cc1ccc(C(=O)c2ccncc2)c(Br)c1.CCS(=O)[O-].C[C@H](C[S@@](=O)C(C)(C)C)c1cc(=O)n(C)cc1B1OC(C)(C)C(C)(C)O1.Cc1ccc(C(=O)c2ccncc2)c(Br)c1.Cc1ccc(C(O)c2ccncc2)c(Br)c1.Cc1ccc(C=O)c(Br)c1.O=C(c1ccncc1)c1ccc(CBr)cc1Br.[Na+]. The molecular formula is C88H93BBr7N6NaO13S3. The second-order valence-corrected chi connectivity index (χ2v) is 40.0. The summed E-state index contributed by atoms with van der Waals surface area (Å²) >= 11 is 21.8. The van der Waals surface area contributed by atoms with Gasteiger partial charge in [0.2, 0.25) is 5.56 Å². The molecule has 0 amide bonds. The van der Waals surface area contributed by atoms with E-state index < -0.39 is 56.1 Å². The summed E-state index contributed by atoms with van der Waals surface area (Å²) < 4.78 is 73.3. The monoisotopic (exact) mass is 2120 g/mol. The predicted octanol–water partition coefficient (Wildman–Crippen LogP) is 17.2. The molecule has 0 radical (unpaired) electrons. The van der Waals surface area contributed by atoms with E-state index in [1.54, 1.807) is 156 Å². The third-order valence-corrected chi connectivity index (χ3v) is 26.6. The van der Waals surface area contributed by atoms with Crippen molar-refractivity contribution < 1.29 is 84.5 Å². The quantitative estimate of drug-likeness (QED) is 0.0274. The summed E-state index contributed by atoms with van der Waals surface area (Å²) in [7, 11) is -2.93. The van der Waals surface area contributed by atoms with Crippen molar-refractivity contribution in [1.29, 1.82) is 0 Å². The Kier molecular flexibility index (Phi) is 45.4. The van der Waals surface area contributed by atoms with Gasteiger partial charge in [-0.2, -0.15) is 0 Å². The van der Waals surface area contributed by atoms with Gasteiger partial charge in [-0.25, -0.2) is 8.42 Å². The number of hydrogen-bond acceptors (Lipinski definition) is 18. The summed E-state index contributed by atoms with van der Waals surface area (Å²) in [4.78, 5) is 78.6. The zero-order chi connectivity index (χ0) is 87.8. The number of aldehydes is 1. The van der Waals surface area contributed by atoms with E-state index in [1.807, 2.05) is 167 Å². The maximum Gasteiger partial charge on any atom is 1.00 e. The van der Waals surface area contributed by atoms with Crippen molar-refractivity contribution in [3.8, 4) is 0 Å². The Balaban J connectivity index is 0.000000295. The average Bonchev–Trinajstić information content (AvgIpc) is 1.61. The third kappa shape index (κ3) is 34.6. The van der Waals surface area contributed by atoms with Crippen molar-refractivity contribution in [2.24, 2.45) is 7.05 Å². The number of ketones is 3. The molecule has 1 N–H and O–H groups in total. The van der Waals surface area contributed by atoms with Gasteiger partial charge in [-0.3, -0.25) is 57.3 Å². The Labute approximate surface area is 784 Å². The predicted molar refractivity (Wildman–Crippen MR) is 497 cm³/mol. The van der Waals surface area contributed by atoms with Crippen molar-refractivity contribution in [1.82, 2.24) is 29.5 Å². The van der Waals surface area contributed by atoms with Crippen LogP contribution >= 0.6 is 112 Å². The molecule has 1 saturated heterocycles. The van der Waals surface area contributed by atoms with Crippen LogP contribution in [0.2, 0.25) is 0 Å². The molecule has 0 aliphatic carbocycles. The molecule has 11 aromatic rings. The molecule has 1 aliphatic heterocycles. The summed E-state index contributed by atoms with van der Waals surface area (Å²) in [5.74, 6) is 0.624. The van der Waals surface area contributed by atoms with Gasteiger partial charge in [-0.05, 0) is 229 Å². The molecule has 0 bridgehead atoms. The van der Waals surface area contributed by atoms with E-state index in [4.69, 9.17) is 9.31 Å². The first-order chi connectivity index (χ1) is 55.6. The molecule has 4 atom stereocenters. The van der Waals surface area contributed by atoms with Crippen LogP contribution in [0.15, 0.2) is 258 Å². The average molecular weight is 2130 g/mol. The van der Waals surface area contributed by atoms with Gasteiger partial charge in [0.05, 0.1) is 17.0 Å². The molecule has 1 aliphatic rings. The number of halogens is 7. The fourth-order valence-corrected chi connectivity index (χ4v) is 16.1. The molecule has 5 aromatic carbocycles. The van der Waals surface area contributed by atoms with Crippen molar-refractivity contribution in [3.05, 3.63) is 347 Å². The molecule has 624 valence electrons. The van der Waals surface area contributed by atoms with E-state index in [-0.39, 0.29) is 80.4 Å². The molecule has 2 unspecified atom stereocenters. The van der Waals surface area contributed by atoms with E-state index in [9.17, 15) is 50.5 Å². The number of aliphatic hydroxyl groups is 1. The van der Waals surface area contributed by atoms with Gasteiger partial charge in [0, 0.05) is 191 Å². The number of aromatic nitrogens is 6. The van der Waals surface area contributed by atoms with Gasteiger partial charge < -0.3 is 23.5 Å². The van der Waals surface area contributed by atoms with Crippen molar-refractivity contribution in [2.45, 2.75) is 129 Å². The van der Waals surface area contributed by atoms with E-state index in [2.05, 4.69) is 136 Å². The zero-order valence-electron chi connectivity index (χ0n) is 68.6. The number of aliphatic hydroxyl groups excluding tert-OH is 1. The molecular weight excluding hydrogens is 2040 g/mol. The minimum atomic E-state index is -3.09. The zero-order valence-corrected chi connectivity index (χ0v) is 84.2. The van der Waals surface area contributed by atoms with Crippen LogP contribution in [0.4, 0.5) is 0 Å². The Morgan fingerprint density at radius 2 is 0.950 bits per heavy atom. The Bertz CT molecular complexity index is 5370. The second-order valence-electron chi connectivity index (χ2n) is 28.5. The summed E-state index contributed by atoms with van der Waals surface area (Å²) in [6.07, 6.45) is 18.5. The van der Waals surface area contributed by atoms with E-state index in [0.717, 1.165) is 78.4 Å². The molecule has 12 rings (SSSR count). The Morgan fingerprint density at radius 1 is 0.571 bits per heavy atom. The number of sulfone groups is 1. The van der Waals surface area contributed by atoms with Crippen LogP contribution in [0.5, 0.6) is 0 Å². The summed E-state index contributed by atoms with van der Waals surface area (Å²) in [5, 5.41) is 11.0. The summed E-state index contributed by atoms with van der Waals surface area (Å²) in [6.45, 7) is 25.1. The number of hydrogen-bond donors (Lipinski definition) is 1. The number of benzene rings is 5. The van der Waals surface area contributed by atoms with Gasteiger partial charge in [-0.15, -0.1) is 0 Å². The number of rotatable bonds is 18. The van der Waals surface area contributed by atoms with Gasteiger partial charge in [-0.1, -0.05) is 186 Å². The molecule has 19 nitrogen and oxygen atoms in total. The van der Waals surface area contributed by atoms with Gasteiger partial charge in [0.15, 0.2) is 33.5 Å². The van der Waals surface area contributed by atoms with Gasteiger partial charge in [0.1, 0.15) is 6.10 Å². The summed E-state index contributed by atoms with van der Waals surface area (Å²) in [6, 6.07) is 47.2. The van der Waals surface area contributed by atoms with E-state index in [1.165, 1.54) is 4.57 Å². The largest absolute Gasteiger partial charge is 1.00 e. The first-order valence-corrected chi connectivity index (χ1v) is 46.9. The molecule has 6 aromatic heterocycles. The second kappa shape index (κ2) is 51.3. The maximum absolute atomic E-state index is 12.6. The minimum Gasteiger partial charge on any atom is -0.772 e. The van der Waals surface area contributed by atoms with Crippen LogP contribution in [0, 0.1) is 20.8 Å². The maximum atomic E-state index is 12.6. The van der Waals surface area contributed by atoms with Crippen molar-refractivity contribution in [2.75, 3.05) is 17.3 Å². The molecule has 119 heavy (non-hydrogen) atoms. The minimum absolute atomic E-state index is 0. The fourth-order valence-electron chi connectivity index (χ4n) is 10.3. The van der Waals surface area contributed by atoms with Crippen molar-refractivity contribution in [3.63, 3.8) is 0 Å². The number of carbonyl (C=O) groups excluding carboxylic acids is 4. The molecule has 31 heteroatoms. The topological polar surface area (TPSA) is 285 Å². The smallest absolute Gasteiger partial charge is 0.772 e. The van der Waals surface area contributed by atoms with Crippen molar-refractivity contribution >= 4 is 179 Å². The van der Waals surface area contributed by atoms with Gasteiger partial charge >= 0.3 is 36.7 Å². The van der Waals surface area contributed by atoms with Crippen LogP contribution in [-0.4, -0.2) is 120 Å². The number of carbonyl (C=O) groups is 4.